The summed E-state index contributed by atoms with van der Waals surface area (Å²) in [6.45, 7) is 5.80. The smallest absolute Gasteiger partial charge is 0.327 e. The maximum Gasteiger partial charge on any atom is 0.327 e. The van der Waals surface area contributed by atoms with E-state index >= 15 is 0 Å². The van der Waals surface area contributed by atoms with E-state index in [1.807, 2.05) is 19.1 Å². The highest BCUT2D eigenvalue weighted by atomic mass is 35.5. The number of hydrogen-bond acceptors (Lipinski definition) is 4. The Morgan fingerprint density at radius 2 is 2.19 bits per heavy atom. The second-order valence-electron chi connectivity index (χ2n) is 5.32. The van der Waals surface area contributed by atoms with Gasteiger partial charge in [-0.15, -0.1) is 0 Å². The molecule has 0 radical (unpaired) electrons. The van der Waals surface area contributed by atoms with Crippen molar-refractivity contribution in [2.24, 2.45) is 5.92 Å². The van der Waals surface area contributed by atoms with Crippen LogP contribution in [0.2, 0.25) is 5.02 Å². The standard InChI is InChI=1S/C16H22ClNO3/c1-3-21-16(19)15(12-4-6-14(17)7-5-12)18-11(2)13-8-9-20-10-13/h4-7,11,13,15,18H,3,8-10H2,1-2H3/t11-,13-,15-/m1/s1. The molecule has 1 fully saturated rings. The summed E-state index contributed by atoms with van der Waals surface area (Å²) in [6.07, 6.45) is 1.02. The maximum atomic E-state index is 12.2. The molecule has 0 aromatic heterocycles. The Balaban J connectivity index is 2.11. The van der Waals surface area contributed by atoms with E-state index in [2.05, 4.69) is 12.2 Å². The summed E-state index contributed by atoms with van der Waals surface area (Å²) < 4.78 is 10.6. The Morgan fingerprint density at radius 3 is 2.76 bits per heavy atom. The summed E-state index contributed by atoms with van der Waals surface area (Å²) in [5.41, 5.74) is 0.864. The Kier molecular flexibility index (Phi) is 6.03. The summed E-state index contributed by atoms with van der Waals surface area (Å²) in [5, 5.41) is 4.03. The van der Waals surface area contributed by atoms with Gasteiger partial charge in [-0.05, 0) is 43.9 Å². The average molecular weight is 312 g/mol. The van der Waals surface area contributed by atoms with Gasteiger partial charge in [0.15, 0.2) is 0 Å². The molecule has 21 heavy (non-hydrogen) atoms. The summed E-state index contributed by atoms with van der Waals surface area (Å²) in [7, 11) is 0. The molecule has 4 nitrogen and oxygen atoms in total. The Bertz CT molecular complexity index is 457. The summed E-state index contributed by atoms with van der Waals surface area (Å²) in [4.78, 5) is 12.2. The van der Waals surface area contributed by atoms with Crippen LogP contribution in [0.4, 0.5) is 0 Å². The van der Waals surface area contributed by atoms with Gasteiger partial charge in [-0.25, -0.2) is 4.79 Å². The van der Waals surface area contributed by atoms with E-state index in [1.165, 1.54) is 0 Å². The van der Waals surface area contributed by atoms with Crippen molar-refractivity contribution in [3.05, 3.63) is 34.9 Å². The number of carbonyl (C=O) groups excluding carboxylic acids is 1. The Hall–Kier alpha value is -1.10. The van der Waals surface area contributed by atoms with Gasteiger partial charge in [-0.1, -0.05) is 23.7 Å². The predicted octanol–water partition coefficient (Wildman–Crippen LogP) is 2.96. The van der Waals surface area contributed by atoms with Crippen molar-refractivity contribution in [2.45, 2.75) is 32.4 Å². The molecule has 5 heteroatoms. The molecule has 1 heterocycles. The van der Waals surface area contributed by atoms with Crippen LogP contribution in [-0.2, 0) is 14.3 Å². The van der Waals surface area contributed by atoms with Crippen molar-refractivity contribution in [2.75, 3.05) is 19.8 Å². The second kappa shape index (κ2) is 7.78. The fourth-order valence-corrected chi connectivity index (χ4v) is 2.65. The minimum atomic E-state index is -0.474. The van der Waals surface area contributed by atoms with Crippen molar-refractivity contribution >= 4 is 17.6 Å². The first-order chi connectivity index (χ1) is 10.1. The highest BCUT2D eigenvalue weighted by molar-refractivity contribution is 6.30. The largest absolute Gasteiger partial charge is 0.465 e. The zero-order chi connectivity index (χ0) is 15.2. The van der Waals surface area contributed by atoms with Crippen molar-refractivity contribution in [1.29, 1.82) is 0 Å². The van der Waals surface area contributed by atoms with E-state index in [0.29, 0.717) is 17.5 Å². The quantitative estimate of drug-likeness (QED) is 0.821. The fraction of sp³-hybridized carbons (Fsp3) is 0.562. The molecule has 3 atom stereocenters. The molecule has 1 aromatic carbocycles. The molecule has 1 N–H and O–H groups in total. The molecular formula is C16H22ClNO3. The van der Waals surface area contributed by atoms with Gasteiger partial charge in [0.25, 0.3) is 0 Å². The molecule has 1 aliphatic heterocycles. The number of rotatable bonds is 6. The number of benzene rings is 1. The topological polar surface area (TPSA) is 47.6 Å². The van der Waals surface area contributed by atoms with Crippen LogP contribution < -0.4 is 5.32 Å². The molecule has 1 aliphatic rings. The van der Waals surface area contributed by atoms with Crippen LogP contribution in [0.25, 0.3) is 0 Å². The number of carbonyl (C=O) groups is 1. The molecular weight excluding hydrogens is 290 g/mol. The molecule has 0 aliphatic carbocycles. The van der Waals surface area contributed by atoms with Crippen molar-refractivity contribution < 1.29 is 14.3 Å². The first-order valence-corrected chi connectivity index (χ1v) is 7.75. The maximum absolute atomic E-state index is 12.2. The lowest BCUT2D eigenvalue weighted by Gasteiger charge is -2.25. The van der Waals surface area contributed by atoms with Crippen molar-refractivity contribution in [3.63, 3.8) is 0 Å². The molecule has 2 rings (SSSR count). The van der Waals surface area contributed by atoms with E-state index in [4.69, 9.17) is 21.1 Å². The zero-order valence-electron chi connectivity index (χ0n) is 12.5. The number of nitrogens with one attached hydrogen (secondary N) is 1. The van der Waals surface area contributed by atoms with E-state index in [1.54, 1.807) is 12.1 Å². The van der Waals surface area contributed by atoms with Gasteiger partial charge in [0.1, 0.15) is 6.04 Å². The Morgan fingerprint density at radius 1 is 1.48 bits per heavy atom. The van der Waals surface area contributed by atoms with Crippen molar-refractivity contribution in [1.82, 2.24) is 5.32 Å². The van der Waals surface area contributed by atoms with Crippen LogP contribution in [-0.4, -0.2) is 31.8 Å². The van der Waals surface area contributed by atoms with E-state index in [-0.39, 0.29) is 12.0 Å². The van der Waals surface area contributed by atoms with Gasteiger partial charge in [-0.2, -0.15) is 0 Å². The van der Waals surface area contributed by atoms with Crippen LogP contribution in [0.3, 0.4) is 0 Å². The number of hydrogen-bond donors (Lipinski definition) is 1. The average Bonchev–Trinajstić information content (AvgIpc) is 3.00. The van der Waals surface area contributed by atoms with Gasteiger partial charge >= 0.3 is 5.97 Å². The molecule has 1 saturated heterocycles. The lowest BCUT2D eigenvalue weighted by Crippen LogP contribution is -2.40. The third-order valence-corrected chi connectivity index (χ3v) is 4.08. The lowest BCUT2D eigenvalue weighted by atomic mass is 9.98. The predicted molar refractivity (Wildman–Crippen MR) is 82.3 cm³/mol. The van der Waals surface area contributed by atoms with Gasteiger partial charge in [0.05, 0.1) is 13.2 Å². The normalized spacial score (nSPS) is 21.0. The highest BCUT2D eigenvalue weighted by Gasteiger charge is 2.28. The first-order valence-electron chi connectivity index (χ1n) is 7.37. The lowest BCUT2D eigenvalue weighted by molar-refractivity contribution is -0.146. The third-order valence-electron chi connectivity index (χ3n) is 3.83. The zero-order valence-corrected chi connectivity index (χ0v) is 13.2. The fourth-order valence-electron chi connectivity index (χ4n) is 2.53. The van der Waals surface area contributed by atoms with Gasteiger partial charge in [0.2, 0.25) is 0 Å². The van der Waals surface area contributed by atoms with Crippen LogP contribution in [0, 0.1) is 5.92 Å². The van der Waals surface area contributed by atoms with Crippen LogP contribution in [0.1, 0.15) is 31.9 Å². The third kappa shape index (κ3) is 4.43. The highest BCUT2D eigenvalue weighted by Crippen LogP contribution is 2.22. The number of halogens is 1. The Labute approximate surface area is 130 Å². The van der Waals surface area contributed by atoms with Crippen LogP contribution in [0.5, 0.6) is 0 Å². The molecule has 116 valence electrons. The van der Waals surface area contributed by atoms with E-state index in [9.17, 15) is 4.79 Å². The second-order valence-corrected chi connectivity index (χ2v) is 5.75. The molecule has 0 spiro atoms. The monoisotopic (exact) mass is 311 g/mol. The van der Waals surface area contributed by atoms with Crippen LogP contribution in [0.15, 0.2) is 24.3 Å². The summed E-state index contributed by atoms with van der Waals surface area (Å²) in [5.74, 6) is 0.166. The molecule has 0 amide bonds. The van der Waals surface area contributed by atoms with E-state index < -0.39 is 6.04 Å². The number of esters is 1. The van der Waals surface area contributed by atoms with Crippen molar-refractivity contribution in [3.8, 4) is 0 Å². The molecule has 1 aromatic rings. The first kappa shape index (κ1) is 16.3. The minimum Gasteiger partial charge on any atom is -0.465 e. The summed E-state index contributed by atoms with van der Waals surface area (Å²) in [6, 6.07) is 6.99. The summed E-state index contributed by atoms with van der Waals surface area (Å²) >= 11 is 5.91. The van der Waals surface area contributed by atoms with Gasteiger partial charge in [-0.3, -0.25) is 5.32 Å². The SMILES string of the molecule is CCOC(=O)[C@H](N[C@H](C)[C@@H]1CCOC1)c1ccc(Cl)cc1. The van der Waals surface area contributed by atoms with Crippen LogP contribution >= 0.6 is 11.6 Å². The molecule has 0 saturated carbocycles. The molecule has 0 bridgehead atoms. The van der Waals surface area contributed by atoms with Gasteiger partial charge in [0, 0.05) is 17.7 Å². The van der Waals surface area contributed by atoms with E-state index in [0.717, 1.165) is 25.2 Å². The molecule has 0 unspecified atom stereocenters. The number of ether oxygens (including phenoxy) is 2. The minimum absolute atomic E-state index is 0.178. The van der Waals surface area contributed by atoms with Gasteiger partial charge < -0.3 is 9.47 Å².